The van der Waals surface area contributed by atoms with Crippen molar-refractivity contribution in [1.29, 1.82) is 0 Å². The number of hydrogen-bond donors (Lipinski definition) is 0. The van der Waals surface area contributed by atoms with Crippen LogP contribution in [0.1, 0.15) is 19.3 Å². The van der Waals surface area contributed by atoms with Crippen LogP contribution in [0.2, 0.25) is 0 Å². The van der Waals surface area contributed by atoms with Gasteiger partial charge in [0, 0.05) is 7.11 Å². The molecule has 1 aliphatic carbocycles. The summed E-state index contributed by atoms with van der Waals surface area (Å²) in [7, 11) is 3.20. The van der Waals surface area contributed by atoms with Crippen LogP contribution in [0.3, 0.4) is 0 Å². The van der Waals surface area contributed by atoms with Gasteiger partial charge >= 0.3 is 5.97 Å². The minimum Gasteiger partial charge on any atom is -0.493 e. The van der Waals surface area contributed by atoms with E-state index in [1.54, 1.807) is 26.4 Å². The lowest BCUT2D eigenvalue weighted by atomic mass is 10.2. The Bertz CT molecular complexity index is 446. The van der Waals surface area contributed by atoms with Crippen LogP contribution in [0.15, 0.2) is 24.3 Å². The molecule has 1 aromatic carbocycles. The minimum atomic E-state index is -0.384. The van der Waals surface area contributed by atoms with Crippen molar-refractivity contribution in [2.75, 3.05) is 20.8 Å². The number of carbonyl (C=O) groups is 1. The number of rotatable bonds is 6. The highest BCUT2D eigenvalue weighted by Crippen LogP contribution is 2.27. The van der Waals surface area contributed by atoms with E-state index in [1.165, 1.54) is 0 Å². The summed E-state index contributed by atoms with van der Waals surface area (Å²) in [5.41, 5.74) is 0. The van der Waals surface area contributed by atoms with E-state index in [1.807, 2.05) is 12.1 Å². The summed E-state index contributed by atoms with van der Waals surface area (Å²) in [6.07, 6.45) is 2.64. The van der Waals surface area contributed by atoms with Gasteiger partial charge in [-0.1, -0.05) is 12.1 Å². The van der Waals surface area contributed by atoms with Crippen LogP contribution in [0.5, 0.6) is 11.5 Å². The standard InChI is InChI=1S/C15H20O5/c1-17-11-6-3-4-7-13(11)19-10-15(16)20-14-9-5-8-12(14)18-2/h3-4,6-7,12,14H,5,8-10H2,1-2H3. The van der Waals surface area contributed by atoms with Gasteiger partial charge in [0.05, 0.1) is 13.2 Å². The van der Waals surface area contributed by atoms with Gasteiger partial charge in [0.2, 0.25) is 0 Å². The van der Waals surface area contributed by atoms with Crippen LogP contribution in [0.25, 0.3) is 0 Å². The highest BCUT2D eigenvalue weighted by molar-refractivity contribution is 5.71. The van der Waals surface area contributed by atoms with Crippen molar-refractivity contribution in [3.63, 3.8) is 0 Å². The molecule has 0 bridgehead atoms. The fourth-order valence-corrected chi connectivity index (χ4v) is 2.37. The molecular weight excluding hydrogens is 260 g/mol. The van der Waals surface area contributed by atoms with Gasteiger partial charge in [0.25, 0.3) is 0 Å². The van der Waals surface area contributed by atoms with Crippen molar-refractivity contribution in [2.24, 2.45) is 0 Å². The van der Waals surface area contributed by atoms with Gasteiger partial charge in [-0.2, -0.15) is 0 Å². The van der Waals surface area contributed by atoms with Gasteiger partial charge in [-0.05, 0) is 31.4 Å². The Morgan fingerprint density at radius 3 is 2.55 bits per heavy atom. The number of ether oxygens (including phenoxy) is 4. The summed E-state index contributed by atoms with van der Waals surface area (Å²) in [5, 5.41) is 0. The van der Waals surface area contributed by atoms with E-state index in [0.29, 0.717) is 11.5 Å². The molecule has 1 aromatic rings. The molecule has 0 saturated heterocycles. The highest BCUT2D eigenvalue weighted by atomic mass is 16.6. The Kier molecular flexibility index (Phi) is 5.24. The molecule has 110 valence electrons. The smallest absolute Gasteiger partial charge is 0.344 e. The van der Waals surface area contributed by atoms with Crippen molar-refractivity contribution in [3.05, 3.63) is 24.3 Å². The van der Waals surface area contributed by atoms with E-state index in [2.05, 4.69) is 0 Å². The summed E-state index contributed by atoms with van der Waals surface area (Å²) in [5.74, 6) is 0.738. The van der Waals surface area contributed by atoms with Crippen molar-refractivity contribution >= 4 is 5.97 Å². The van der Waals surface area contributed by atoms with Crippen molar-refractivity contribution in [2.45, 2.75) is 31.5 Å². The number of esters is 1. The zero-order valence-electron chi connectivity index (χ0n) is 11.8. The maximum Gasteiger partial charge on any atom is 0.344 e. The number of hydrogen-bond acceptors (Lipinski definition) is 5. The molecule has 1 fully saturated rings. The maximum atomic E-state index is 11.8. The quantitative estimate of drug-likeness (QED) is 0.748. The molecule has 5 heteroatoms. The third-order valence-electron chi connectivity index (χ3n) is 3.39. The second kappa shape index (κ2) is 7.14. The molecule has 0 N–H and O–H groups in total. The first kappa shape index (κ1) is 14.7. The Morgan fingerprint density at radius 1 is 1.15 bits per heavy atom. The van der Waals surface area contributed by atoms with Crippen LogP contribution in [0.4, 0.5) is 0 Å². The Hall–Kier alpha value is -1.75. The molecule has 1 aliphatic rings. The molecule has 0 heterocycles. The fraction of sp³-hybridized carbons (Fsp3) is 0.533. The second-order valence-corrected chi connectivity index (χ2v) is 4.67. The first-order chi connectivity index (χ1) is 9.74. The maximum absolute atomic E-state index is 11.8. The summed E-state index contributed by atoms with van der Waals surface area (Å²) >= 11 is 0. The van der Waals surface area contributed by atoms with Crippen LogP contribution in [0, 0.1) is 0 Å². The van der Waals surface area contributed by atoms with E-state index in [4.69, 9.17) is 18.9 Å². The molecule has 0 aliphatic heterocycles. The molecule has 0 aromatic heterocycles. The van der Waals surface area contributed by atoms with E-state index >= 15 is 0 Å². The van der Waals surface area contributed by atoms with E-state index in [9.17, 15) is 4.79 Å². The third-order valence-corrected chi connectivity index (χ3v) is 3.39. The average molecular weight is 280 g/mol. The third kappa shape index (κ3) is 3.63. The molecule has 0 radical (unpaired) electrons. The van der Waals surface area contributed by atoms with Crippen LogP contribution in [-0.2, 0) is 14.3 Å². The highest BCUT2D eigenvalue weighted by Gasteiger charge is 2.30. The van der Waals surface area contributed by atoms with Gasteiger partial charge in [0.1, 0.15) is 6.10 Å². The SMILES string of the molecule is COc1ccccc1OCC(=O)OC1CCCC1OC. The Balaban J connectivity index is 1.83. The molecule has 5 nitrogen and oxygen atoms in total. The predicted molar refractivity (Wildman–Crippen MR) is 73.0 cm³/mol. The molecule has 2 atom stereocenters. The van der Waals surface area contributed by atoms with Gasteiger partial charge in [0.15, 0.2) is 18.1 Å². The van der Waals surface area contributed by atoms with E-state index in [-0.39, 0.29) is 24.8 Å². The van der Waals surface area contributed by atoms with Gasteiger partial charge < -0.3 is 18.9 Å². The lowest BCUT2D eigenvalue weighted by molar-refractivity contribution is -0.156. The largest absolute Gasteiger partial charge is 0.493 e. The first-order valence-corrected chi connectivity index (χ1v) is 6.72. The minimum absolute atomic E-state index is 0.00483. The Morgan fingerprint density at radius 2 is 1.85 bits per heavy atom. The normalized spacial score (nSPS) is 21.5. The van der Waals surface area contributed by atoms with Crippen molar-refractivity contribution in [1.82, 2.24) is 0 Å². The number of benzene rings is 1. The van der Waals surface area contributed by atoms with E-state index in [0.717, 1.165) is 19.3 Å². The molecule has 2 unspecified atom stereocenters. The zero-order chi connectivity index (χ0) is 14.4. The summed E-state index contributed by atoms with van der Waals surface area (Å²) < 4.78 is 21.2. The summed E-state index contributed by atoms with van der Waals surface area (Å²) in [4.78, 5) is 11.8. The second-order valence-electron chi connectivity index (χ2n) is 4.67. The fourth-order valence-electron chi connectivity index (χ4n) is 2.37. The van der Waals surface area contributed by atoms with Gasteiger partial charge in [-0.3, -0.25) is 0 Å². The van der Waals surface area contributed by atoms with Gasteiger partial charge in [-0.15, -0.1) is 0 Å². The summed E-state index contributed by atoms with van der Waals surface area (Å²) in [6.45, 7) is -0.132. The average Bonchev–Trinajstić information content (AvgIpc) is 2.92. The zero-order valence-corrected chi connectivity index (χ0v) is 11.8. The number of para-hydroxylation sites is 2. The molecular formula is C15H20O5. The molecule has 20 heavy (non-hydrogen) atoms. The predicted octanol–water partition coefficient (Wildman–Crippen LogP) is 2.18. The van der Waals surface area contributed by atoms with Crippen LogP contribution in [-0.4, -0.2) is 39.0 Å². The van der Waals surface area contributed by atoms with Gasteiger partial charge in [-0.25, -0.2) is 4.79 Å². The summed E-state index contributed by atoms with van der Waals surface area (Å²) in [6, 6.07) is 7.19. The lowest BCUT2D eigenvalue weighted by Gasteiger charge is -2.19. The Labute approximate surface area is 118 Å². The molecule has 0 amide bonds. The van der Waals surface area contributed by atoms with Crippen molar-refractivity contribution < 1.29 is 23.7 Å². The molecule has 0 spiro atoms. The lowest BCUT2D eigenvalue weighted by Crippen LogP contribution is -2.29. The first-order valence-electron chi connectivity index (χ1n) is 6.72. The van der Waals surface area contributed by atoms with Crippen molar-refractivity contribution in [3.8, 4) is 11.5 Å². The number of methoxy groups -OCH3 is 2. The molecule has 1 saturated carbocycles. The number of carbonyl (C=O) groups excluding carboxylic acids is 1. The van der Waals surface area contributed by atoms with Crippen LogP contribution >= 0.6 is 0 Å². The monoisotopic (exact) mass is 280 g/mol. The molecule has 2 rings (SSSR count). The van der Waals surface area contributed by atoms with E-state index < -0.39 is 0 Å². The topological polar surface area (TPSA) is 54.0 Å². The van der Waals surface area contributed by atoms with Crippen LogP contribution < -0.4 is 9.47 Å².